The van der Waals surface area contributed by atoms with E-state index >= 15 is 0 Å². The van der Waals surface area contributed by atoms with Crippen LogP contribution in [-0.2, 0) is 0 Å². The molecule has 1 fully saturated rings. The van der Waals surface area contributed by atoms with Crippen LogP contribution in [0.1, 0.15) is 6.92 Å². The Morgan fingerprint density at radius 2 is 1.92 bits per heavy atom. The molecule has 1 rings (SSSR count). The summed E-state index contributed by atoms with van der Waals surface area (Å²) in [7, 11) is 0. The van der Waals surface area contributed by atoms with Crippen LogP contribution in [-0.4, -0.2) is 48.6 Å². The maximum absolute atomic E-state index is 8.55. The van der Waals surface area contributed by atoms with Crippen LogP contribution in [0.15, 0.2) is 0 Å². The molecule has 0 aromatic rings. The van der Waals surface area contributed by atoms with Crippen LogP contribution in [0.3, 0.4) is 0 Å². The molecule has 4 heteroatoms. The molecule has 0 aromatic heterocycles. The zero-order chi connectivity index (χ0) is 9.68. The SMILES string of the molecule is C[C@H]1CN(CC#N)CCN1CC#N. The first-order chi connectivity index (χ1) is 6.27. The molecule has 1 aliphatic heterocycles. The first kappa shape index (κ1) is 9.98. The Hall–Kier alpha value is -1.10. The molecule has 4 nitrogen and oxygen atoms in total. The number of nitrogens with zero attached hydrogens (tertiary/aromatic N) is 4. The van der Waals surface area contributed by atoms with Crippen LogP contribution >= 0.6 is 0 Å². The molecule has 1 saturated heterocycles. The Balaban J connectivity index is 2.39. The van der Waals surface area contributed by atoms with Crippen molar-refractivity contribution < 1.29 is 0 Å². The summed E-state index contributed by atoms with van der Waals surface area (Å²) < 4.78 is 0. The van der Waals surface area contributed by atoms with Gasteiger partial charge < -0.3 is 0 Å². The second-order valence-electron chi connectivity index (χ2n) is 3.37. The minimum Gasteiger partial charge on any atom is -0.288 e. The van der Waals surface area contributed by atoms with Crippen molar-refractivity contribution in [1.29, 1.82) is 10.5 Å². The summed E-state index contributed by atoms with van der Waals surface area (Å²) in [5.41, 5.74) is 0. The smallest absolute Gasteiger partial charge is 0.0869 e. The van der Waals surface area contributed by atoms with Crippen molar-refractivity contribution in [2.24, 2.45) is 0 Å². The lowest BCUT2D eigenvalue weighted by Crippen LogP contribution is -2.51. The predicted molar refractivity (Wildman–Crippen MR) is 48.7 cm³/mol. The van der Waals surface area contributed by atoms with Crippen molar-refractivity contribution in [3.63, 3.8) is 0 Å². The molecule has 13 heavy (non-hydrogen) atoms. The highest BCUT2D eigenvalue weighted by Crippen LogP contribution is 2.07. The molecule has 1 atom stereocenters. The lowest BCUT2D eigenvalue weighted by atomic mass is 10.2. The quantitative estimate of drug-likeness (QED) is 0.560. The van der Waals surface area contributed by atoms with Gasteiger partial charge in [0.25, 0.3) is 0 Å². The molecular weight excluding hydrogens is 164 g/mol. The second-order valence-corrected chi connectivity index (χ2v) is 3.37. The summed E-state index contributed by atoms with van der Waals surface area (Å²) in [6.45, 7) is 5.80. The molecule has 0 N–H and O–H groups in total. The highest BCUT2D eigenvalue weighted by atomic mass is 15.3. The van der Waals surface area contributed by atoms with Crippen molar-refractivity contribution in [3.05, 3.63) is 0 Å². The fraction of sp³-hybridized carbons (Fsp3) is 0.778. The van der Waals surface area contributed by atoms with E-state index in [0.29, 0.717) is 19.1 Å². The van der Waals surface area contributed by atoms with E-state index in [4.69, 9.17) is 10.5 Å². The van der Waals surface area contributed by atoms with Gasteiger partial charge in [0.05, 0.1) is 25.2 Å². The molecule has 1 heterocycles. The van der Waals surface area contributed by atoms with Gasteiger partial charge in [-0.2, -0.15) is 10.5 Å². The van der Waals surface area contributed by atoms with E-state index in [-0.39, 0.29) is 0 Å². The Morgan fingerprint density at radius 3 is 2.46 bits per heavy atom. The molecule has 1 aliphatic rings. The van der Waals surface area contributed by atoms with Gasteiger partial charge in [0.2, 0.25) is 0 Å². The maximum atomic E-state index is 8.55. The molecule has 70 valence electrons. The lowest BCUT2D eigenvalue weighted by molar-refractivity contribution is 0.104. The van der Waals surface area contributed by atoms with Crippen molar-refractivity contribution in [2.45, 2.75) is 13.0 Å². The Bertz CT molecular complexity index is 237. The largest absolute Gasteiger partial charge is 0.288 e. The Labute approximate surface area is 79.0 Å². The predicted octanol–water partition coefficient (Wildman–Crippen LogP) is 0.0397. The molecule has 0 bridgehead atoms. The minimum atomic E-state index is 0.391. The van der Waals surface area contributed by atoms with Gasteiger partial charge in [0, 0.05) is 25.7 Å². The number of piperazine rings is 1. The zero-order valence-electron chi connectivity index (χ0n) is 7.90. The van der Waals surface area contributed by atoms with Crippen molar-refractivity contribution in [3.8, 4) is 12.1 Å². The van der Waals surface area contributed by atoms with Crippen LogP contribution in [0.25, 0.3) is 0 Å². The van der Waals surface area contributed by atoms with E-state index < -0.39 is 0 Å². The highest BCUT2D eigenvalue weighted by molar-refractivity contribution is 4.88. The van der Waals surface area contributed by atoms with Gasteiger partial charge in [-0.3, -0.25) is 9.80 Å². The van der Waals surface area contributed by atoms with Crippen LogP contribution in [0.4, 0.5) is 0 Å². The summed E-state index contributed by atoms with van der Waals surface area (Å²) in [5, 5.41) is 17.1. The van der Waals surface area contributed by atoms with E-state index in [1.807, 2.05) is 0 Å². The topological polar surface area (TPSA) is 54.1 Å². The number of hydrogen-bond acceptors (Lipinski definition) is 4. The third kappa shape index (κ3) is 2.69. The van der Waals surface area contributed by atoms with E-state index in [1.54, 1.807) is 0 Å². The van der Waals surface area contributed by atoms with Gasteiger partial charge in [0.15, 0.2) is 0 Å². The maximum Gasteiger partial charge on any atom is 0.0869 e. The molecule has 0 saturated carbocycles. The summed E-state index contributed by atoms with van der Waals surface area (Å²) >= 11 is 0. The molecule has 0 unspecified atom stereocenters. The fourth-order valence-electron chi connectivity index (χ4n) is 1.64. The standard InChI is InChI=1S/C9H14N4/c1-9-8-12(4-2-10)6-7-13(9)5-3-11/h9H,4-8H2,1H3/t9-/m0/s1. The monoisotopic (exact) mass is 178 g/mol. The van der Waals surface area contributed by atoms with Crippen molar-refractivity contribution in [2.75, 3.05) is 32.7 Å². The summed E-state index contributed by atoms with van der Waals surface area (Å²) in [6, 6.07) is 4.69. The van der Waals surface area contributed by atoms with Gasteiger partial charge in [-0.25, -0.2) is 0 Å². The normalized spacial score (nSPS) is 25.0. The number of rotatable bonds is 2. The molecule has 0 radical (unpaired) electrons. The van der Waals surface area contributed by atoms with Gasteiger partial charge in [-0.05, 0) is 6.92 Å². The Kier molecular flexibility index (Phi) is 3.70. The zero-order valence-corrected chi connectivity index (χ0v) is 7.90. The number of nitriles is 2. The summed E-state index contributed by atoms with van der Waals surface area (Å²) in [4.78, 5) is 4.27. The third-order valence-corrected chi connectivity index (χ3v) is 2.42. The van der Waals surface area contributed by atoms with Gasteiger partial charge >= 0.3 is 0 Å². The van der Waals surface area contributed by atoms with Crippen LogP contribution in [0.5, 0.6) is 0 Å². The van der Waals surface area contributed by atoms with Crippen LogP contribution in [0, 0.1) is 22.7 Å². The fourth-order valence-corrected chi connectivity index (χ4v) is 1.64. The Morgan fingerprint density at radius 1 is 1.23 bits per heavy atom. The molecule has 0 spiro atoms. The summed E-state index contributed by atoms with van der Waals surface area (Å²) in [5.74, 6) is 0. The molecule has 0 amide bonds. The van der Waals surface area contributed by atoms with Crippen LogP contribution < -0.4 is 0 Å². The first-order valence-electron chi connectivity index (χ1n) is 4.48. The summed E-state index contributed by atoms with van der Waals surface area (Å²) in [6.07, 6.45) is 0. The van der Waals surface area contributed by atoms with Crippen molar-refractivity contribution >= 4 is 0 Å². The van der Waals surface area contributed by atoms with E-state index in [9.17, 15) is 0 Å². The van der Waals surface area contributed by atoms with Crippen molar-refractivity contribution in [1.82, 2.24) is 9.80 Å². The van der Waals surface area contributed by atoms with E-state index in [0.717, 1.165) is 19.6 Å². The lowest BCUT2D eigenvalue weighted by Gasteiger charge is -2.37. The van der Waals surface area contributed by atoms with Gasteiger partial charge in [0.1, 0.15) is 0 Å². The highest BCUT2D eigenvalue weighted by Gasteiger charge is 2.22. The van der Waals surface area contributed by atoms with Gasteiger partial charge in [-0.1, -0.05) is 0 Å². The molecule has 0 aliphatic carbocycles. The van der Waals surface area contributed by atoms with Gasteiger partial charge in [-0.15, -0.1) is 0 Å². The molecular formula is C9H14N4. The average Bonchev–Trinajstić information content (AvgIpc) is 2.10. The average molecular weight is 178 g/mol. The van der Waals surface area contributed by atoms with Crippen LogP contribution in [0.2, 0.25) is 0 Å². The third-order valence-electron chi connectivity index (χ3n) is 2.42. The van der Waals surface area contributed by atoms with E-state index in [2.05, 4.69) is 28.9 Å². The number of hydrogen-bond donors (Lipinski definition) is 0. The molecule has 0 aromatic carbocycles. The second kappa shape index (κ2) is 4.81. The first-order valence-corrected chi connectivity index (χ1v) is 4.48. The van der Waals surface area contributed by atoms with E-state index in [1.165, 1.54) is 0 Å². The minimum absolute atomic E-state index is 0.391.